The van der Waals surface area contributed by atoms with Crippen molar-refractivity contribution in [2.45, 2.75) is 32.9 Å². The lowest BCUT2D eigenvalue weighted by Crippen LogP contribution is -2.29. The fraction of sp³-hybridized carbons (Fsp3) is 0.462. The molecule has 0 aliphatic carbocycles. The molecule has 0 aliphatic rings. The van der Waals surface area contributed by atoms with Gasteiger partial charge in [-0.05, 0) is 31.4 Å². The fourth-order valence-electron chi connectivity index (χ4n) is 1.71. The molecule has 0 saturated carbocycles. The summed E-state index contributed by atoms with van der Waals surface area (Å²) in [6.07, 6.45) is 0.155. The van der Waals surface area contributed by atoms with Gasteiger partial charge in [-0.1, -0.05) is 31.5 Å². The summed E-state index contributed by atoms with van der Waals surface area (Å²) in [5.74, 6) is -0.604. The molecular weight excluding hydrogens is 265 g/mol. The van der Waals surface area contributed by atoms with Gasteiger partial charge in [0.1, 0.15) is 5.66 Å². The summed E-state index contributed by atoms with van der Waals surface area (Å²) in [4.78, 5) is 30.5. The summed E-state index contributed by atoms with van der Waals surface area (Å²) in [6, 6.07) is 7.06. The van der Waals surface area contributed by atoms with E-state index in [-0.39, 0.29) is 12.3 Å². The van der Waals surface area contributed by atoms with Gasteiger partial charge in [-0.2, -0.15) is 0 Å². The summed E-state index contributed by atoms with van der Waals surface area (Å²) in [5, 5.41) is 2.55. The van der Waals surface area contributed by atoms with Gasteiger partial charge in [0.15, 0.2) is 0 Å². The first kappa shape index (κ1) is 15.9. The number of rotatable bonds is 5. The average molecular weight is 285 g/mol. The highest BCUT2D eigenvalue weighted by Gasteiger charge is 2.35. The fourth-order valence-corrected chi connectivity index (χ4v) is 2.77. The Balaban J connectivity index is 2.83. The Morgan fingerprint density at radius 2 is 1.79 bits per heavy atom. The third-order valence-electron chi connectivity index (χ3n) is 2.72. The van der Waals surface area contributed by atoms with Crippen LogP contribution in [0.15, 0.2) is 24.3 Å². The summed E-state index contributed by atoms with van der Waals surface area (Å²) in [7, 11) is -4.44. The number of anilines is 1. The third kappa shape index (κ3) is 5.15. The van der Waals surface area contributed by atoms with Crippen LogP contribution in [0.25, 0.3) is 0 Å². The Bertz CT molecular complexity index is 478. The molecule has 6 heteroatoms. The first-order valence-electron chi connectivity index (χ1n) is 6.13. The van der Waals surface area contributed by atoms with E-state index in [4.69, 9.17) is 0 Å². The standard InChI is InChI=1S/C13H20NO4P/c1-9(2)8-12(19(16,17)18)13(15)14-11-6-4-10(3)5-7-11/h4-7,9,12H,8H2,1-3H3,(H,14,15)(H2,16,17,18). The number of carbonyl (C=O) groups is 1. The van der Waals surface area contributed by atoms with Crippen molar-refractivity contribution >= 4 is 19.2 Å². The van der Waals surface area contributed by atoms with Crippen molar-refractivity contribution in [3.63, 3.8) is 0 Å². The number of carbonyl (C=O) groups excluding carboxylic acids is 1. The molecule has 0 aromatic heterocycles. The first-order valence-corrected chi connectivity index (χ1v) is 7.81. The van der Waals surface area contributed by atoms with Gasteiger partial charge in [0, 0.05) is 5.69 Å². The SMILES string of the molecule is Cc1ccc(NC(=O)C(CC(C)C)P(=O)(O)O)cc1. The molecule has 19 heavy (non-hydrogen) atoms. The van der Waals surface area contributed by atoms with Crippen LogP contribution >= 0.6 is 7.60 Å². The Hall–Kier alpha value is -1.16. The zero-order valence-electron chi connectivity index (χ0n) is 11.3. The number of amides is 1. The van der Waals surface area contributed by atoms with Gasteiger partial charge >= 0.3 is 7.60 Å². The second-order valence-electron chi connectivity index (χ2n) is 5.09. The van der Waals surface area contributed by atoms with Gasteiger partial charge in [-0.3, -0.25) is 9.36 Å². The molecule has 0 saturated heterocycles. The topological polar surface area (TPSA) is 86.6 Å². The molecule has 1 rings (SSSR count). The van der Waals surface area contributed by atoms with E-state index in [2.05, 4.69) is 5.32 Å². The predicted molar refractivity (Wildman–Crippen MR) is 75.1 cm³/mol. The molecule has 0 aliphatic heterocycles. The van der Waals surface area contributed by atoms with Crippen molar-refractivity contribution in [3.05, 3.63) is 29.8 Å². The highest BCUT2D eigenvalue weighted by molar-refractivity contribution is 7.53. The molecule has 0 radical (unpaired) electrons. The largest absolute Gasteiger partial charge is 0.337 e. The lowest BCUT2D eigenvalue weighted by atomic mass is 10.1. The summed E-state index contributed by atoms with van der Waals surface area (Å²) < 4.78 is 11.4. The lowest BCUT2D eigenvalue weighted by molar-refractivity contribution is -0.116. The van der Waals surface area contributed by atoms with Gasteiger partial charge in [-0.15, -0.1) is 0 Å². The molecule has 5 nitrogen and oxygen atoms in total. The van der Waals surface area contributed by atoms with E-state index in [0.29, 0.717) is 5.69 Å². The molecule has 0 fully saturated rings. The summed E-state index contributed by atoms with van der Waals surface area (Å²) in [6.45, 7) is 5.56. The van der Waals surface area contributed by atoms with Crippen molar-refractivity contribution in [1.29, 1.82) is 0 Å². The molecule has 1 aromatic carbocycles. The predicted octanol–water partition coefficient (Wildman–Crippen LogP) is 2.53. The zero-order chi connectivity index (χ0) is 14.6. The monoisotopic (exact) mass is 285 g/mol. The molecule has 0 heterocycles. The molecule has 0 bridgehead atoms. The number of benzene rings is 1. The Kier molecular flexibility index (Phi) is 5.29. The third-order valence-corrected chi connectivity index (χ3v) is 3.98. The maximum absolute atomic E-state index is 12.0. The van der Waals surface area contributed by atoms with Crippen LogP contribution < -0.4 is 5.32 Å². The molecule has 1 unspecified atom stereocenters. The molecule has 1 aromatic rings. The Morgan fingerprint density at radius 3 is 2.21 bits per heavy atom. The average Bonchev–Trinajstić information content (AvgIpc) is 2.27. The van der Waals surface area contributed by atoms with Crippen LogP contribution in [0.2, 0.25) is 0 Å². The van der Waals surface area contributed by atoms with Gasteiger partial charge < -0.3 is 15.1 Å². The van der Waals surface area contributed by atoms with E-state index in [0.717, 1.165) is 5.56 Å². The van der Waals surface area contributed by atoms with Crippen LogP contribution in [0.1, 0.15) is 25.8 Å². The van der Waals surface area contributed by atoms with Crippen LogP contribution in [-0.4, -0.2) is 21.4 Å². The Morgan fingerprint density at radius 1 is 1.26 bits per heavy atom. The van der Waals surface area contributed by atoms with Crippen LogP contribution in [-0.2, 0) is 9.36 Å². The summed E-state index contributed by atoms with van der Waals surface area (Å²) in [5.41, 5.74) is 0.290. The quantitative estimate of drug-likeness (QED) is 0.725. The normalized spacial score (nSPS) is 13.4. The van der Waals surface area contributed by atoms with Crippen LogP contribution in [0.5, 0.6) is 0 Å². The molecule has 106 valence electrons. The number of nitrogens with one attached hydrogen (secondary N) is 1. The van der Waals surface area contributed by atoms with Crippen molar-refractivity contribution in [2.75, 3.05) is 5.32 Å². The van der Waals surface area contributed by atoms with Crippen molar-refractivity contribution in [2.24, 2.45) is 5.92 Å². The smallest absolute Gasteiger partial charge is 0.325 e. The van der Waals surface area contributed by atoms with E-state index in [1.165, 1.54) is 0 Å². The maximum atomic E-state index is 12.0. The van der Waals surface area contributed by atoms with E-state index in [1.54, 1.807) is 12.1 Å². The summed E-state index contributed by atoms with van der Waals surface area (Å²) >= 11 is 0. The molecule has 1 atom stereocenters. The minimum atomic E-state index is -4.44. The van der Waals surface area contributed by atoms with Crippen LogP contribution in [0.3, 0.4) is 0 Å². The van der Waals surface area contributed by atoms with Crippen molar-refractivity contribution in [1.82, 2.24) is 0 Å². The lowest BCUT2D eigenvalue weighted by Gasteiger charge is -2.19. The van der Waals surface area contributed by atoms with Crippen molar-refractivity contribution in [3.8, 4) is 0 Å². The maximum Gasteiger partial charge on any atom is 0.337 e. The van der Waals surface area contributed by atoms with Gasteiger partial charge in [0.2, 0.25) is 5.91 Å². The molecule has 3 N–H and O–H groups in total. The molecule has 0 spiro atoms. The minimum absolute atomic E-state index is 0.0291. The highest BCUT2D eigenvalue weighted by atomic mass is 31.2. The first-order chi connectivity index (χ1) is 8.70. The van der Waals surface area contributed by atoms with Crippen LogP contribution in [0, 0.1) is 12.8 Å². The molecule has 1 amide bonds. The zero-order valence-corrected chi connectivity index (χ0v) is 12.2. The second kappa shape index (κ2) is 6.33. The van der Waals surface area contributed by atoms with E-state index in [9.17, 15) is 19.1 Å². The van der Waals surface area contributed by atoms with E-state index < -0.39 is 19.2 Å². The van der Waals surface area contributed by atoms with Crippen LogP contribution in [0.4, 0.5) is 5.69 Å². The van der Waals surface area contributed by atoms with Gasteiger partial charge in [0.25, 0.3) is 0 Å². The number of aryl methyl sites for hydroxylation is 1. The minimum Gasteiger partial charge on any atom is -0.325 e. The van der Waals surface area contributed by atoms with Gasteiger partial charge in [-0.25, -0.2) is 0 Å². The second-order valence-corrected chi connectivity index (χ2v) is 6.89. The number of hydrogen-bond acceptors (Lipinski definition) is 2. The highest BCUT2D eigenvalue weighted by Crippen LogP contribution is 2.44. The van der Waals surface area contributed by atoms with E-state index in [1.807, 2.05) is 32.9 Å². The van der Waals surface area contributed by atoms with Gasteiger partial charge in [0.05, 0.1) is 0 Å². The van der Waals surface area contributed by atoms with E-state index >= 15 is 0 Å². The Labute approximate surface area is 113 Å². The molecular formula is C13H20NO4P. The van der Waals surface area contributed by atoms with Crippen molar-refractivity contribution < 1.29 is 19.1 Å². The number of hydrogen-bond donors (Lipinski definition) is 3.